The number of piperazine rings is 1. The normalized spacial score (nSPS) is 13.2. The lowest BCUT2D eigenvalue weighted by Gasteiger charge is -2.36. The molecular formula is C32H29ClN4O4S. The number of amides is 2. The minimum absolute atomic E-state index is 0.0223. The van der Waals surface area contributed by atoms with Crippen LogP contribution < -0.4 is 20.3 Å². The Morgan fingerprint density at radius 2 is 1.60 bits per heavy atom. The van der Waals surface area contributed by atoms with Crippen LogP contribution in [-0.2, 0) is 4.79 Å². The highest BCUT2D eigenvalue weighted by Gasteiger charge is 2.22. The number of anilines is 2. The van der Waals surface area contributed by atoms with Crippen molar-refractivity contribution < 1.29 is 18.7 Å². The Morgan fingerprint density at radius 3 is 2.26 bits per heavy atom. The van der Waals surface area contributed by atoms with E-state index >= 15 is 0 Å². The maximum atomic E-state index is 12.8. The summed E-state index contributed by atoms with van der Waals surface area (Å²) in [6, 6.07) is 25.9. The average molecular weight is 601 g/mol. The van der Waals surface area contributed by atoms with E-state index in [4.69, 9.17) is 33.0 Å². The SMILES string of the molecule is COc1ccc(C(=O)N2CCN(c3ccc(NC(=S)NC(=O)/C=C/c4ccc(-c5ccc(Cl)cc5)o4)cc3)CC2)cc1. The van der Waals surface area contributed by atoms with Crippen molar-refractivity contribution in [3.8, 4) is 17.1 Å². The molecule has 1 aliphatic heterocycles. The Morgan fingerprint density at radius 1 is 0.905 bits per heavy atom. The molecule has 1 aliphatic rings. The standard InChI is InChI=1S/C32H29ClN4O4S/c1-40-27-12-4-23(5-13-27)31(39)37-20-18-36(19-21-37)26-10-8-25(9-11-26)34-32(42)35-30(38)17-15-28-14-16-29(41-28)22-2-6-24(33)7-3-22/h2-17H,18-21H2,1H3,(H2,34,35,38,42)/b17-15+. The van der Waals surface area contributed by atoms with Crippen LogP contribution in [0.25, 0.3) is 17.4 Å². The van der Waals surface area contributed by atoms with Crippen molar-refractivity contribution in [3.63, 3.8) is 0 Å². The predicted octanol–water partition coefficient (Wildman–Crippen LogP) is 6.10. The molecule has 5 rings (SSSR count). The third-order valence-corrected chi connectivity index (χ3v) is 7.24. The Labute approximate surface area is 254 Å². The van der Waals surface area contributed by atoms with Crippen molar-refractivity contribution in [1.29, 1.82) is 0 Å². The fourth-order valence-electron chi connectivity index (χ4n) is 4.52. The molecule has 1 fully saturated rings. The average Bonchev–Trinajstić information content (AvgIpc) is 3.50. The van der Waals surface area contributed by atoms with Crippen molar-refractivity contribution in [2.45, 2.75) is 0 Å². The Hall–Kier alpha value is -4.60. The van der Waals surface area contributed by atoms with Gasteiger partial charge in [-0.25, -0.2) is 0 Å². The molecule has 10 heteroatoms. The molecule has 8 nitrogen and oxygen atoms in total. The van der Waals surface area contributed by atoms with Crippen LogP contribution in [0.4, 0.5) is 11.4 Å². The van der Waals surface area contributed by atoms with E-state index in [0.717, 1.165) is 35.8 Å². The topological polar surface area (TPSA) is 87.0 Å². The third-order valence-electron chi connectivity index (χ3n) is 6.79. The van der Waals surface area contributed by atoms with Crippen molar-refractivity contribution in [2.24, 2.45) is 0 Å². The molecule has 1 aromatic heterocycles. The molecule has 0 saturated carbocycles. The summed E-state index contributed by atoms with van der Waals surface area (Å²) in [5, 5.41) is 6.51. The van der Waals surface area contributed by atoms with Gasteiger partial charge in [0.05, 0.1) is 7.11 Å². The first-order valence-electron chi connectivity index (χ1n) is 13.3. The van der Waals surface area contributed by atoms with Crippen LogP contribution in [-0.4, -0.2) is 55.1 Å². The van der Waals surface area contributed by atoms with Gasteiger partial charge >= 0.3 is 0 Å². The van der Waals surface area contributed by atoms with E-state index in [-0.39, 0.29) is 16.9 Å². The molecule has 2 N–H and O–H groups in total. The summed E-state index contributed by atoms with van der Waals surface area (Å²) in [6.45, 7) is 2.72. The second-order valence-electron chi connectivity index (χ2n) is 9.54. The Bertz CT molecular complexity index is 1580. The number of nitrogens with zero attached hydrogens (tertiary/aromatic N) is 2. The molecule has 0 radical (unpaired) electrons. The zero-order valence-electron chi connectivity index (χ0n) is 22.9. The van der Waals surface area contributed by atoms with Crippen molar-refractivity contribution in [3.05, 3.63) is 107 Å². The largest absolute Gasteiger partial charge is 0.497 e. The number of methoxy groups -OCH3 is 1. The lowest BCUT2D eigenvalue weighted by atomic mass is 10.1. The molecular weight excluding hydrogens is 572 g/mol. The second-order valence-corrected chi connectivity index (χ2v) is 10.4. The summed E-state index contributed by atoms with van der Waals surface area (Å²) in [6.07, 6.45) is 2.94. The number of thiocarbonyl (C=S) groups is 1. The number of hydrogen-bond acceptors (Lipinski definition) is 6. The zero-order chi connectivity index (χ0) is 29.5. The van der Waals surface area contributed by atoms with Gasteiger partial charge in [-0.05, 0) is 103 Å². The highest BCUT2D eigenvalue weighted by Crippen LogP contribution is 2.24. The molecule has 0 aliphatic carbocycles. The van der Waals surface area contributed by atoms with Gasteiger partial charge in [0.1, 0.15) is 17.3 Å². The number of rotatable bonds is 7. The molecule has 2 heterocycles. The van der Waals surface area contributed by atoms with E-state index in [1.807, 2.05) is 47.4 Å². The summed E-state index contributed by atoms with van der Waals surface area (Å²) in [5.41, 5.74) is 3.34. The molecule has 4 aromatic rings. The van der Waals surface area contributed by atoms with Crippen LogP contribution in [0.15, 0.2) is 95.4 Å². The van der Waals surface area contributed by atoms with E-state index < -0.39 is 0 Å². The summed E-state index contributed by atoms with van der Waals surface area (Å²) >= 11 is 11.2. The number of carbonyl (C=O) groups is 2. The first kappa shape index (κ1) is 28.9. The molecule has 1 saturated heterocycles. The van der Waals surface area contributed by atoms with Gasteiger partial charge in [0.15, 0.2) is 5.11 Å². The molecule has 2 amide bonds. The van der Waals surface area contributed by atoms with E-state index in [1.54, 1.807) is 55.7 Å². The molecule has 0 bridgehead atoms. The van der Waals surface area contributed by atoms with Gasteiger partial charge in [0.25, 0.3) is 5.91 Å². The summed E-state index contributed by atoms with van der Waals surface area (Å²) in [7, 11) is 1.60. The number of ether oxygens (including phenoxy) is 1. The van der Waals surface area contributed by atoms with Crippen LogP contribution in [0, 0.1) is 0 Å². The first-order valence-corrected chi connectivity index (χ1v) is 14.1. The number of carbonyl (C=O) groups excluding carboxylic acids is 2. The minimum atomic E-state index is -0.379. The Kier molecular flexibility index (Phi) is 9.21. The van der Waals surface area contributed by atoms with Crippen LogP contribution in [0.5, 0.6) is 5.75 Å². The fourth-order valence-corrected chi connectivity index (χ4v) is 4.87. The third kappa shape index (κ3) is 7.37. The predicted molar refractivity (Wildman–Crippen MR) is 170 cm³/mol. The first-order chi connectivity index (χ1) is 20.4. The number of hydrogen-bond donors (Lipinski definition) is 2. The summed E-state index contributed by atoms with van der Waals surface area (Å²) in [4.78, 5) is 29.3. The van der Waals surface area contributed by atoms with Gasteiger partial charge in [0.2, 0.25) is 5.91 Å². The molecule has 3 aromatic carbocycles. The van der Waals surface area contributed by atoms with Gasteiger partial charge in [-0.2, -0.15) is 0 Å². The number of benzene rings is 3. The molecule has 0 unspecified atom stereocenters. The van der Waals surface area contributed by atoms with Crippen LogP contribution in [0.3, 0.4) is 0 Å². The van der Waals surface area contributed by atoms with Gasteiger partial charge in [0, 0.05) is 59.8 Å². The van der Waals surface area contributed by atoms with Crippen molar-refractivity contribution in [2.75, 3.05) is 43.5 Å². The summed E-state index contributed by atoms with van der Waals surface area (Å²) < 4.78 is 11.0. The van der Waals surface area contributed by atoms with Crippen LogP contribution in [0.1, 0.15) is 16.1 Å². The van der Waals surface area contributed by atoms with Crippen LogP contribution in [0.2, 0.25) is 5.02 Å². The number of furan rings is 1. The monoisotopic (exact) mass is 600 g/mol. The van der Waals surface area contributed by atoms with Crippen LogP contribution >= 0.6 is 23.8 Å². The fraction of sp³-hybridized carbons (Fsp3) is 0.156. The van der Waals surface area contributed by atoms with Gasteiger partial charge in [-0.15, -0.1) is 0 Å². The molecule has 42 heavy (non-hydrogen) atoms. The maximum absolute atomic E-state index is 12.8. The highest BCUT2D eigenvalue weighted by atomic mass is 35.5. The van der Waals surface area contributed by atoms with E-state index in [9.17, 15) is 9.59 Å². The van der Waals surface area contributed by atoms with Gasteiger partial charge in [-0.1, -0.05) is 11.6 Å². The maximum Gasteiger partial charge on any atom is 0.253 e. The van der Waals surface area contributed by atoms with E-state index in [1.165, 1.54) is 6.08 Å². The zero-order valence-corrected chi connectivity index (χ0v) is 24.5. The van der Waals surface area contributed by atoms with Gasteiger partial charge < -0.3 is 24.3 Å². The lowest BCUT2D eigenvalue weighted by molar-refractivity contribution is -0.115. The van der Waals surface area contributed by atoms with Crippen molar-refractivity contribution in [1.82, 2.24) is 10.2 Å². The molecule has 0 atom stereocenters. The quantitative estimate of drug-likeness (QED) is 0.196. The Balaban J connectivity index is 1.07. The lowest BCUT2D eigenvalue weighted by Crippen LogP contribution is -2.48. The van der Waals surface area contributed by atoms with Crippen molar-refractivity contribution >= 4 is 58.2 Å². The smallest absolute Gasteiger partial charge is 0.253 e. The molecule has 214 valence electrons. The van der Waals surface area contributed by atoms with E-state index in [2.05, 4.69) is 15.5 Å². The molecule has 0 spiro atoms. The minimum Gasteiger partial charge on any atom is -0.497 e. The highest BCUT2D eigenvalue weighted by molar-refractivity contribution is 7.80. The second kappa shape index (κ2) is 13.4. The van der Waals surface area contributed by atoms with E-state index in [0.29, 0.717) is 35.2 Å². The van der Waals surface area contributed by atoms with Gasteiger partial charge in [-0.3, -0.25) is 14.9 Å². The summed E-state index contributed by atoms with van der Waals surface area (Å²) in [5.74, 6) is 1.58. The number of halogens is 1. The number of nitrogens with one attached hydrogen (secondary N) is 2.